The van der Waals surface area contributed by atoms with Crippen LogP contribution >= 0.6 is 0 Å². The van der Waals surface area contributed by atoms with Crippen LogP contribution in [0.1, 0.15) is 16.2 Å². The lowest BCUT2D eigenvalue weighted by Crippen LogP contribution is -2.43. The van der Waals surface area contributed by atoms with Crippen molar-refractivity contribution in [1.82, 2.24) is 20.4 Å². The maximum Gasteiger partial charge on any atom is 0.449 e. The Kier molecular flexibility index (Phi) is 4.99. The van der Waals surface area contributed by atoms with Crippen molar-refractivity contribution in [3.05, 3.63) is 65.5 Å². The Balaban J connectivity index is 1.75. The predicted molar refractivity (Wildman–Crippen MR) is 86.7 cm³/mol. The number of imidazole rings is 1. The van der Waals surface area contributed by atoms with Crippen LogP contribution in [0.2, 0.25) is 0 Å². The fraction of sp³-hybridized carbons (Fsp3) is 0.118. The molecule has 3 aromatic rings. The molecule has 0 radical (unpaired) electrons. The van der Waals surface area contributed by atoms with Crippen LogP contribution in [0.5, 0.6) is 0 Å². The number of nitrogens with one attached hydrogen (secondary N) is 2. The van der Waals surface area contributed by atoms with Crippen LogP contribution in [0.4, 0.5) is 22.0 Å². The second-order valence-corrected chi connectivity index (χ2v) is 5.67. The molecule has 0 fully saturated rings. The smallest absolute Gasteiger partial charge is 0.311 e. The number of carbonyl (C=O) groups is 2. The van der Waals surface area contributed by atoms with E-state index in [-0.39, 0.29) is 11.0 Å². The molecule has 0 aliphatic rings. The summed E-state index contributed by atoms with van der Waals surface area (Å²) >= 11 is 0. The largest absolute Gasteiger partial charge is 0.449 e. The quantitative estimate of drug-likeness (QED) is 0.526. The number of hydrogen-bond acceptors (Lipinski definition) is 3. The molecule has 0 saturated heterocycles. The number of halogens is 5. The highest BCUT2D eigenvalue weighted by Crippen LogP contribution is 2.31. The van der Waals surface area contributed by atoms with Crippen LogP contribution in [-0.2, 0) is 17.5 Å². The number of para-hydroxylation sites is 2. The molecule has 2 amide bonds. The van der Waals surface area contributed by atoms with Crippen LogP contribution in [0.25, 0.3) is 11.0 Å². The molecule has 2 aromatic carbocycles. The van der Waals surface area contributed by atoms with E-state index in [1.165, 1.54) is 24.3 Å². The Morgan fingerprint density at radius 1 is 1.00 bits per heavy atom. The molecule has 0 atom stereocenters. The van der Waals surface area contributed by atoms with Gasteiger partial charge in [0, 0.05) is 11.6 Å². The molecule has 11 heteroatoms. The molecule has 2 N–H and O–H groups in total. The molecule has 146 valence electrons. The van der Waals surface area contributed by atoms with Crippen molar-refractivity contribution in [2.75, 3.05) is 0 Å². The lowest BCUT2D eigenvalue weighted by atomic mass is 10.2. The first kappa shape index (κ1) is 19.3. The summed E-state index contributed by atoms with van der Waals surface area (Å²) in [6.45, 7) is -0.798. The summed E-state index contributed by atoms with van der Waals surface area (Å²) in [5.41, 5.74) is 3.49. The number of amides is 2. The van der Waals surface area contributed by atoms with Gasteiger partial charge >= 0.3 is 6.18 Å². The van der Waals surface area contributed by atoms with Crippen molar-refractivity contribution < 1.29 is 31.5 Å². The van der Waals surface area contributed by atoms with Crippen LogP contribution in [0.15, 0.2) is 42.5 Å². The molecule has 1 heterocycles. The molecule has 28 heavy (non-hydrogen) atoms. The number of hydrazine groups is 1. The van der Waals surface area contributed by atoms with E-state index in [1.54, 1.807) is 0 Å². The Morgan fingerprint density at radius 3 is 2.29 bits per heavy atom. The van der Waals surface area contributed by atoms with Gasteiger partial charge in [-0.05, 0) is 24.3 Å². The van der Waals surface area contributed by atoms with E-state index in [0.717, 1.165) is 12.1 Å². The van der Waals surface area contributed by atoms with Crippen LogP contribution in [0, 0.1) is 11.6 Å². The fourth-order valence-corrected chi connectivity index (χ4v) is 2.52. The Morgan fingerprint density at radius 2 is 1.64 bits per heavy atom. The van der Waals surface area contributed by atoms with Gasteiger partial charge in [0.15, 0.2) is 0 Å². The Hall–Kier alpha value is -3.50. The maximum atomic E-state index is 13.2. The summed E-state index contributed by atoms with van der Waals surface area (Å²) < 4.78 is 66.5. The van der Waals surface area contributed by atoms with E-state index >= 15 is 0 Å². The van der Waals surface area contributed by atoms with Crippen molar-refractivity contribution in [3.63, 3.8) is 0 Å². The van der Waals surface area contributed by atoms with Gasteiger partial charge in [-0.15, -0.1) is 0 Å². The van der Waals surface area contributed by atoms with E-state index in [1.807, 2.05) is 10.9 Å². The highest BCUT2D eigenvalue weighted by Gasteiger charge is 2.38. The summed E-state index contributed by atoms with van der Waals surface area (Å²) in [7, 11) is 0. The number of hydrogen-bond donors (Lipinski definition) is 2. The van der Waals surface area contributed by atoms with Crippen LogP contribution in [0.3, 0.4) is 0 Å². The standard InChI is InChI=1S/C17H11F5N4O2/c18-10-5-9(6-11(19)7-10)15(28)25-24-14(27)8-26-13-4-2-1-3-12(13)23-16(26)17(20,21)22/h1-7H,8H2,(H,24,27)(H,25,28). The first-order valence-electron chi connectivity index (χ1n) is 7.73. The van der Waals surface area contributed by atoms with Gasteiger partial charge in [0.05, 0.1) is 11.0 Å². The highest BCUT2D eigenvalue weighted by molar-refractivity contribution is 5.95. The van der Waals surface area contributed by atoms with E-state index in [9.17, 15) is 31.5 Å². The molecular weight excluding hydrogens is 387 g/mol. The van der Waals surface area contributed by atoms with Crippen LogP contribution < -0.4 is 10.9 Å². The van der Waals surface area contributed by atoms with Gasteiger partial charge in [-0.1, -0.05) is 12.1 Å². The number of alkyl halides is 3. The third-order valence-electron chi connectivity index (χ3n) is 3.65. The summed E-state index contributed by atoms with van der Waals surface area (Å²) in [5.74, 6) is -5.33. The number of rotatable bonds is 3. The number of benzene rings is 2. The van der Waals surface area contributed by atoms with Gasteiger partial charge in [0.1, 0.15) is 18.2 Å². The molecule has 3 rings (SSSR count). The third-order valence-corrected chi connectivity index (χ3v) is 3.65. The second-order valence-electron chi connectivity index (χ2n) is 5.67. The fourth-order valence-electron chi connectivity index (χ4n) is 2.52. The van der Waals surface area contributed by atoms with Gasteiger partial charge in [-0.3, -0.25) is 20.4 Å². The number of carbonyl (C=O) groups excluding carboxylic acids is 2. The minimum Gasteiger partial charge on any atom is -0.311 e. The topological polar surface area (TPSA) is 76.0 Å². The summed E-state index contributed by atoms with van der Waals surface area (Å²) in [6.07, 6.45) is -4.80. The third kappa shape index (κ3) is 4.08. The van der Waals surface area contributed by atoms with E-state index in [4.69, 9.17) is 0 Å². The zero-order valence-electron chi connectivity index (χ0n) is 13.8. The average molecular weight is 398 g/mol. The lowest BCUT2D eigenvalue weighted by molar-refractivity contribution is -0.147. The molecule has 0 aliphatic carbocycles. The maximum absolute atomic E-state index is 13.2. The molecule has 0 unspecified atom stereocenters. The summed E-state index contributed by atoms with van der Waals surface area (Å²) in [4.78, 5) is 27.3. The molecule has 0 bridgehead atoms. The molecule has 6 nitrogen and oxygen atoms in total. The number of nitrogens with zero attached hydrogens (tertiary/aromatic N) is 2. The van der Waals surface area contributed by atoms with Gasteiger partial charge in [-0.2, -0.15) is 13.2 Å². The zero-order valence-corrected chi connectivity index (χ0v) is 13.8. The van der Waals surface area contributed by atoms with Gasteiger partial charge in [0.2, 0.25) is 5.82 Å². The van der Waals surface area contributed by atoms with E-state index < -0.39 is 47.6 Å². The average Bonchev–Trinajstić information content (AvgIpc) is 2.98. The zero-order chi connectivity index (χ0) is 20.5. The molecule has 0 saturated carbocycles. The first-order chi connectivity index (χ1) is 13.1. The van der Waals surface area contributed by atoms with E-state index in [0.29, 0.717) is 10.6 Å². The lowest BCUT2D eigenvalue weighted by Gasteiger charge is -2.12. The molecule has 0 aliphatic heterocycles. The van der Waals surface area contributed by atoms with Crippen molar-refractivity contribution >= 4 is 22.8 Å². The van der Waals surface area contributed by atoms with Gasteiger partial charge in [-0.25, -0.2) is 13.8 Å². The molecular formula is C17H11F5N4O2. The summed E-state index contributed by atoms with van der Waals surface area (Å²) in [6, 6.07) is 7.72. The van der Waals surface area contributed by atoms with Crippen molar-refractivity contribution in [2.45, 2.75) is 12.7 Å². The van der Waals surface area contributed by atoms with Crippen molar-refractivity contribution in [2.24, 2.45) is 0 Å². The summed E-state index contributed by atoms with van der Waals surface area (Å²) in [5, 5.41) is 0. The Labute approximate surface area is 153 Å². The molecule has 0 spiro atoms. The minimum absolute atomic E-state index is 0.0434. The molecule has 1 aromatic heterocycles. The van der Waals surface area contributed by atoms with E-state index in [2.05, 4.69) is 4.98 Å². The Bertz CT molecular complexity index is 1040. The number of aromatic nitrogens is 2. The SMILES string of the molecule is O=C(Cn1c(C(F)(F)F)nc2ccccc21)NNC(=O)c1cc(F)cc(F)c1. The van der Waals surface area contributed by atoms with Crippen molar-refractivity contribution in [1.29, 1.82) is 0 Å². The highest BCUT2D eigenvalue weighted by atomic mass is 19.4. The minimum atomic E-state index is -4.80. The predicted octanol–water partition coefficient (Wildman–Crippen LogP) is 2.79. The monoisotopic (exact) mass is 398 g/mol. The second kappa shape index (κ2) is 7.25. The van der Waals surface area contributed by atoms with Gasteiger partial charge < -0.3 is 4.57 Å². The number of fused-ring (bicyclic) bond motifs is 1. The van der Waals surface area contributed by atoms with Gasteiger partial charge in [0.25, 0.3) is 11.8 Å². The first-order valence-corrected chi connectivity index (χ1v) is 7.73. The normalized spacial score (nSPS) is 11.5. The van der Waals surface area contributed by atoms with Crippen molar-refractivity contribution in [3.8, 4) is 0 Å². The van der Waals surface area contributed by atoms with Crippen LogP contribution in [-0.4, -0.2) is 21.4 Å².